The first-order valence-corrected chi connectivity index (χ1v) is 6.84. The highest BCUT2D eigenvalue weighted by molar-refractivity contribution is 6.71. The SMILES string of the molecule is C=CCN1CC(=C)B(N(C(C)C)C(C)C)C(=C)C1. The average Bonchev–Trinajstić information content (AvgIpc) is 2.22. The van der Waals surface area contributed by atoms with E-state index in [0.29, 0.717) is 18.9 Å². The summed E-state index contributed by atoms with van der Waals surface area (Å²) >= 11 is 0. The van der Waals surface area contributed by atoms with Crippen LogP contribution in [0.25, 0.3) is 0 Å². The van der Waals surface area contributed by atoms with Crippen molar-refractivity contribution in [3.05, 3.63) is 36.8 Å². The molecule has 0 aliphatic carbocycles. The third-order valence-corrected chi connectivity index (χ3v) is 3.50. The smallest absolute Gasteiger partial charge is 0.285 e. The van der Waals surface area contributed by atoms with Crippen LogP contribution in [0.15, 0.2) is 36.8 Å². The Balaban J connectivity index is 2.87. The maximum Gasteiger partial charge on any atom is 0.285 e. The Morgan fingerprint density at radius 3 is 1.94 bits per heavy atom. The molecule has 0 N–H and O–H groups in total. The first-order chi connectivity index (χ1) is 8.38. The van der Waals surface area contributed by atoms with E-state index in [-0.39, 0.29) is 0 Å². The summed E-state index contributed by atoms with van der Waals surface area (Å²) in [4.78, 5) is 4.85. The van der Waals surface area contributed by atoms with Crippen LogP contribution in [0.1, 0.15) is 27.7 Å². The Morgan fingerprint density at radius 1 is 1.17 bits per heavy atom. The van der Waals surface area contributed by atoms with E-state index in [4.69, 9.17) is 0 Å². The van der Waals surface area contributed by atoms with Crippen LogP contribution in [-0.4, -0.2) is 48.3 Å². The fourth-order valence-corrected chi connectivity index (χ4v) is 3.02. The molecule has 2 nitrogen and oxygen atoms in total. The molecule has 0 amide bonds. The molecule has 1 fully saturated rings. The van der Waals surface area contributed by atoms with E-state index in [1.54, 1.807) is 0 Å². The van der Waals surface area contributed by atoms with Crippen molar-refractivity contribution in [2.24, 2.45) is 0 Å². The standard InChI is InChI=1S/C15H27BN2/c1-8-9-17-10-14(6)16(15(7)11-17)18(12(2)3)13(4)5/h8,12-13H,1,6-7,9-11H2,2-5H3. The van der Waals surface area contributed by atoms with Crippen molar-refractivity contribution in [2.45, 2.75) is 39.8 Å². The summed E-state index contributed by atoms with van der Waals surface area (Å²) in [7, 11) is 0. The highest BCUT2D eigenvalue weighted by atomic mass is 15.2. The van der Waals surface area contributed by atoms with Gasteiger partial charge in [-0.05, 0) is 12.1 Å². The zero-order valence-electron chi connectivity index (χ0n) is 12.4. The molecule has 0 radical (unpaired) electrons. The molecule has 1 heterocycles. The second-order valence-electron chi connectivity index (χ2n) is 5.81. The molecular formula is C15H27BN2. The highest BCUT2D eigenvalue weighted by Crippen LogP contribution is 2.24. The monoisotopic (exact) mass is 246 g/mol. The van der Waals surface area contributed by atoms with Crippen LogP contribution in [0.5, 0.6) is 0 Å². The predicted octanol–water partition coefficient (Wildman–Crippen LogP) is 2.79. The van der Waals surface area contributed by atoms with Crippen LogP contribution in [-0.2, 0) is 0 Å². The molecule has 1 aliphatic heterocycles. The van der Waals surface area contributed by atoms with E-state index in [1.165, 1.54) is 10.9 Å². The lowest BCUT2D eigenvalue weighted by Crippen LogP contribution is -2.56. The second-order valence-corrected chi connectivity index (χ2v) is 5.81. The molecule has 0 aromatic heterocycles. The predicted molar refractivity (Wildman–Crippen MR) is 82.8 cm³/mol. The topological polar surface area (TPSA) is 6.48 Å². The van der Waals surface area contributed by atoms with Gasteiger partial charge in [0, 0.05) is 19.6 Å². The van der Waals surface area contributed by atoms with Crippen molar-refractivity contribution in [1.29, 1.82) is 0 Å². The number of hydrogen-bond acceptors (Lipinski definition) is 2. The number of hydrogen-bond donors (Lipinski definition) is 0. The molecule has 1 rings (SSSR count). The molecule has 0 unspecified atom stereocenters. The summed E-state index contributed by atoms with van der Waals surface area (Å²) in [6.45, 7) is 24.5. The highest BCUT2D eigenvalue weighted by Gasteiger charge is 2.36. The van der Waals surface area contributed by atoms with E-state index in [9.17, 15) is 0 Å². The largest absolute Gasteiger partial charge is 0.330 e. The van der Waals surface area contributed by atoms with Crippen LogP contribution in [0.2, 0.25) is 0 Å². The normalized spacial score (nSPS) is 18.3. The second kappa shape index (κ2) is 6.39. The summed E-state index contributed by atoms with van der Waals surface area (Å²) in [6, 6.07) is 1.02. The Kier molecular flexibility index (Phi) is 5.42. The first-order valence-electron chi connectivity index (χ1n) is 6.84. The molecule has 1 saturated heterocycles. The third kappa shape index (κ3) is 3.36. The molecule has 18 heavy (non-hydrogen) atoms. The summed E-state index contributed by atoms with van der Waals surface area (Å²) < 4.78 is 0. The molecule has 0 aromatic carbocycles. The minimum atomic E-state index is 0.325. The van der Waals surface area contributed by atoms with Gasteiger partial charge in [0.1, 0.15) is 0 Å². The van der Waals surface area contributed by atoms with Crippen LogP contribution >= 0.6 is 0 Å². The minimum absolute atomic E-state index is 0.325. The van der Waals surface area contributed by atoms with Crippen molar-refractivity contribution in [3.8, 4) is 0 Å². The lowest BCUT2D eigenvalue weighted by Gasteiger charge is -2.43. The lowest BCUT2D eigenvalue weighted by molar-refractivity contribution is 0.292. The van der Waals surface area contributed by atoms with Gasteiger partial charge in [-0.25, -0.2) is 0 Å². The van der Waals surface area contributed by atoms with Gasteiger partial charge in [0.25, 0.3) is 6.85 Å². The van der Waals surface area contributed by atoms with Gasteiger partial charge in [-0.1, -0.05) is 44.7 Å². The minimum Gasteiger partial charge on any atom is -0.330 e. The van der Waals surface area contributed by atoms with Crippen LogP contribution in [0, 0.1) is 0 Å². The van der Waals surface area contributed by atoms with Gasteiger partial charge >= 0.3 is 0 Å². The van der Waals surface area contributed by atoms with Crippen molar-refractivity contribution in [3.63, 3.8) is 0 Å². The fourth-order valence-electron chi connectivity index (χ4n) is 3.02. The number of rotatable bonds is 5. The van der Waals surface area contributed by atoms with Crippen molar-refractivity contribution < 1.29 is 0 Å². The molecule has 3 heteroatoms. The summed E-state index contributed by atoms with van der Waals surface area (Å²) in [5.41, 5.74) is 2.52. The lowest BCUT2D eigenvalue weighted by atomic mass is 9.46. The number of nitrogens with zero attached hydrogens (tertiary/aromatic N) is 2. The molecule has 0 atom stereocenters. The van der Waals surface area contributed by atoms with E-state index >= 15 is 0 Å². The van der Waals surface area contributed by atoms with E-state index in [0.717, 1.165) is 19.6 Å². The summed E-state index contributed by atoms with van der Waals surface area (Å²) in [5.74, 6) is 0. The van der Waals surface area contributed by atoms with Gasteiger partial charge in [-0.2, -0.15) is 0 Å². The van der Waals surface area contributed by atoms with Crippen LogP contribution in [0.4, 0.5) is 0 Å². The Morgan fingerprint density at radius 2 is 1.61 bits per heavy atom. The van der Waals surface area contributed by atoms with Gasteiger partial charge in [0.05, 0.1) is 0 Å². The molecule has 1 aliphatic rings. The maximum absolute atomic E-state index is 4.29. The van der Waals surface area contributed by atoms with E-state index in [2.05, 4.69) is 57.1 Å². The Bertz CT molecular complexity index is 307. The van der Waals surface area contributed by atoms with E-state index < -0.39 is 0 Å². The van der Waals surface area contributed by atoms with Gasteiger partial charge in [0.15, 0.2) is 0 Å². The van der Waals surface area contributed by atoms with Gasteiger partial charge in [-0.15, -0.1) is 19.7 Å². The van der Waals surface area contributed by atoms with Crippen molar-refractivity contribution >= 4 is 6.85 Å². The van der Waals surface area contributed by atoms with Crippen molar-refractivity contribution in [2.75, 3.05) is 19.6 Å². The Labute approximate surface area is 113 Å². The van der Waals surface area contributed by atoms with Crippen LogP contribution in [0.3, 0.4) is 0 Å². The van der Waals surface area contributed by atoms with Crippen LogP contribution < -0.4 is 0 Å². The van der Waals surface area contributed by atoms with Gasteiger partial charge in [-0.3, -0.25) is 4.90 Å². The Hall–Kier alpha value is -0.795. The van der Waals surface area contributed by atoms with E-state index in [1.807, 2.05) is 6.08 Å². The first kappa shape index (κ1) is 15.3. The maximum atomic E-state index is 4.29. The molecule has 0 spiro atoms. The molecule has 100 valence electrons. The van der Waals surface area contributed by atoms with Gasteiger partial charge < -0.3 is 4.81 Å². The summed E-state index contributed by atoms with van der Waals surface area (Å²) in [6.07, 6.45) is 1.95. The van der Waals surface area contributed by atoms with Gasteiger partial charge in [0.2, 0.25) is 0 Å². The quantitative estimate of drug-likeness (QED) is 0.543. The molecule has 0 aromatic rings. The molecular weight excluding hydrogens is 219 g/mol. The zero-order chi connectivity index (χ0) is 13.9. The molecule has 0 bridgehead atoms. The van der Waals surface area contributed by atoms with Crippen molar-refractivity contribution in [1.82, 2.24) is 9.71 Å². The molecule has 0 saturated carbocycles. The average molecular weight is 246 g/mol. The fraction of sp³-hybridized carbons (Fsp3) is 0.600. The zero-order valence-corrected chi connectivity index (χ0v) is 12.4. The third-order valence-electron chi connectivity index (χ3n) is 3.50. The summed E-state index contributed by atoms with van der Waals surface area (Å²) in [5, 5.41) is 0.